The Hall–Kier alpha value is -0.120. The Bertz CT molecular complexity index is 282. The van der Waals surface area contributed by atoms with Gasteiger partial charge in [-0.2, -0.15) is 0 Å². The van der Waals surface area contributed by atoms with Crippen LogP contribution in [-0.2, 0) is 4.74 Å². The lowest BCUT2D eigenvalue weighted by molar-refractivity contribution is -0.0608. The van der Waals surface area contributed by atoms with Gasteiger partial charge in [0.1, 0.15) is 0 Å². The van der Waals surface area contributed by atoms with E-state index in [0.29, 0.717) is 12.1 Å². The van der Waals surface area contributed by atoms with Crippen molar-refractivity contribution in [2.45, 2.75) is 71.4 Å². The summed E-state index contributed by atoms with van der Waals surface area (Å²) in [5, 5.41) is 3.78. The van der Waals surface area contributed by atoms with Crippen LogP contribution in [0.2, 0.25) is 0 Å². The largest absolute Gasteiger partial charge is 0.374 e. The molecule has 4 unspecified atom stereocenters. The Kier molecular flexibility index (Phi) is 7.48. The molecular formula is C18H36N2O. The maximum atomic E-state index is 6.19. The summed E-state index contributed by atoms with van der Waals surface area (Å²) in [6.45, 7) is 12.3. The molecule has 2 aliphatic rings. The van der Waals surface area contributed by atoms with Gasteiger partial charge in [0.25, 0.3) is 0 Å². The Morgan fingerprint density at radius 1 is 1.24 bits per heavy atom. The van der Waals surface area contributed by atoms with Gasteiger partial charge in [-0.3, -0.25) is 4.90 Å². The molecule has 1 saturated heterocycles. The van der Waals surface area contributed by atoms with Gasteiger partial charge in [0, 0.05) is 19.1 Å². The second-order valence-corrected chi connectivity index (χ2v) is 6.99. The molecule has 21 heavy (non-hydrogen) atoms. The molecule has 2 fully saturated rings. The highest BCUT2D eigenvalue weighted by molar-refractivity contribution is 4.90. The van der Waals surface area contributed by atoms with Crippen LogP contribution < -0.4 is 5.32 Å². The summed E-state index contributed by atoms with van der Waals surface area (Å²) < 4.78 is 6.19. The lowest BCUT2D eigenvalue weighted by Crippen LogP contribution is -2.55. The normalized spacial score (nSPS) is 33.0. The highest BCUT2D eigenvalue weighted by atomic mass is 16.5. The van der Waals surface area contributed by atoms with Crippen molar-refractivity contribution in [1.82, 2.24) is 10.2 Å². The molecule has 0 aromatic heterocycles. The highest BCUT2D eigenvalue weighted by Gasteiger charge is 2.35. The molecule has 1 heterocycles. The Morgan fingerprint density at radius 2 is 2.10 bits per heavy atom. The molecule has 1 N–H and O–H groups in total. The number of likely N-dealkylation sites (N-methyl/N-ethyl adjacent to an activating group) is 1. The molecule has 0 aromatic carbocycles. The zero-order chi connectivity index (χ0) is 15.1. The van der Waals surface area contributed by atoms with Crippen molar-refractivity contribution < 1.29 is 4.74 Å². The second kappa shape index (κ2) is 9.12. The number of morpholine rings is 1. The summed E-state index contributed by atoms with van der Waals surface area (Å²) in [4.78, 5) is 2.60. The van der Waals surface area contributed by atoms with E-state index in [1.54, 1.807) is 0 Å². The monoisotopic (exact) mass is 296 g/mol. The average molecular weight is 296 g/mol. The third-order valence-corrected chi connectivity index (χ3v) is 5.47. The van der Waals surface area contributed by atoms with Crippen molar-refractivity contribution in [2.24, 2.45) is 11.8 Å². The van der Waals surface area contributed by atoms with Crippen molar-refractivity contribution in [1.29, 1.82) is 0 Å². The predicted octanol–water partition coefficient (Wildman–Crippen LogP) is 3.29. The molecule has 1 aliphatic carbocycles. The first-order valence-electron chi connectivity index (χ1n) is 9.35. The number of nitrogens with one attached hydrogen (secondary N) is 1. The van der Waals surface area contributed by atoms with E-state index < -0.39 is 0 Å². The van der Waals surface area contributed by atoms with Gasteiger partial charge in [-0.05, 0) is 44.2 Å². The molecule has 0 spiro atoms. The fraction of sp³-hybridized carbons (Fsp3) is 1.00. The van der Waals surface area contributed by atoms with Crippen LogP contribution in [0.15, 0.2) is 0 Å². The van der Waals surface area contributed by atoms with Gasteiger partial charge in [0.2, 0.25) is 0 Å². The van der Waals surface area contributed by atoms with Crippen LogP contribution in [0.5, 0.6) is 0 Å². The van der Waals surface area contributed by atoms with E-state index in [9.17, 15) is 0 Å². The summed E-state index contributed by atoms with van der Waals surface area (Å²) in [5.41, 5.74) is 0. The van der Waals surface area contributed by atoms with E-state index in [1.165, 1.54) is 45.1 Å². The number of hydrogen-bond donors (Lipinski definition) is 1. The molecule has 0 radical (unpaired) electrons. The van der Waals surface area contributed by atoms with E-state index in [1.807, 2.05) is 0 Å². The maximum Gasteiger partial charge on any atom is 0.0857 e. The third-order valence-electron chi connectivity index (χ3n) is 5.47. The predicted molar refractivity (Wildman–Crippen MR) is 89.7 cm³/mol. The van der Waals surface area contributed by atoms with E-state index in [-0.39, 0.29) is 0 Å². The number of nitrogens with zero attached hydrogens (tertiary/aromatic N) is 1. The molecule has 3 nitrogen and oxygen atoms in total. The lowest BCUT2D eigenvalue weighted by Gasteiger charge is -2.42. The molecular weight excluding hydrogens is 260 g/mol. The van der Waals surface area contributed by atoms with E-state index in [4.69, 9.17) is 4.74 Å². The van der Waals surface area contributed by atoms with Gasteiger partial charge in [-0.1, -0.05) is 40.0 Å². The SMILES string of the molecule is CCCN1CCOC(C(NCC)C2CCCC(CC)C2)C1. The average Bonchev–Trinajstić information content (AvgIpc) is 2.53. The minimum atomic E-state index is 0.394. The molecule has 2 rings (SSSR count). The van der Waals surface area contributed by atoms with Gasteiger partial charge in [0.05, 0.1) is 12.7 Å². The summed E-state index contributed by atoms with van der Waals surface area (Å²) in [6.07, 6.45) is 8.65. The Labute approximate surface area is 131 Å². The third kappa shape index (κ3) is 4.94. The van der Waals surface area contributed by atoms with Crippen LogP contribution >= 0.6 is 0 Å². The first kappa shape index (κ1) is 17.2. The maximum absolute atomic E-state index is 6.19. The lowest BCUT2D eigenvalue weighted by atomic mass is 9.75. The molecule has 3 heteroatoms. The molecule has 124 valence electrons. The fourth-order valence-corrected chi connectivity index (χ4v) is 4.34. The van der Waals surface area contributed by atoms with Gasteiger partial charge >= 0.3 is 0 Å². The van der Waals surface area contributed by atoms with Crippen LogP contribution in [0, 0.1) is 11.8 Å². The quantitative estimate of drug-likeness (QED) is 0.780. The van der Waals surface area contributed by atoms with Crippen molar-refractivity contribution >= 4 is 0 Å². The van der Waals surface area contributed by atoms with Gasteiger partial charge in [-0.25, -0.2) is 0 Å². The Balaban J connectivity index is 1.96. The molecule has 0 aromatic rings. The van der Waals surface area contributed by atoms with Crippen LogP contribution in [0.4, 0.5) is 0 Å². The minimum absolute atomic E-state index is 0.394. The minimum Gasteiger partial charge on any atom is -0.374 e. The molecule has 0 amide bonds. The summed E-state index contributed by atoms with van der Waals surface area (Å²) in [7, 11) is 0. The first-order chi connectivity index (χ1) is 10.3. The van der Waals surface area contributed by atoms with Crippen molar-refractivity contribution in [2.75, 3.05) is 32.8 Å². The highest BCUT2D eigenvalue weighted by Crippen LogP contribution is 2.34. The summed E-state index contributed by atoms with van der Waals surface area (Å²) in [6, 6.07) is 0.559. The van der Waals surface area contributed by atoms with Crippen molar-refractivity contribution in [3.05, 3.63) is 0 Å². The van der Waals surface area contributed by atoms with Crippen LogP contribution in [0.25, 0.3) is 0 Å². The summed E-state index contributed by atoms with van der Waals surface area (Å²) >= 11 is 0. The Morgan fingerprint density at radius 3 is 2.81 bits per heavy atom. The van der Waals surface area contributed by atoms with E-state index in [2.05, 4.69) is 31.0 Å². The number of rotatable bonds is 7. The first-order valence-corrected chi connectivity index (χ1v) is 9.35. The molecule has 1 aliphatic heterocycles. The molecule has 4 atom stereocenters. The topological polar surface area (TPSA) is 24.5 Å². The smallest absolute Gasteiger partial charge is 0.0857 e. The van der Waals surface area contributed by atoms with Crippen molar-refractivity contribution in [3.8, 4) is 0 Å². The van der Waals surface area contributed by atoms with Crippen LogP contribution in [0.1, 0.15) is 59.3 Å². The van der Waals surface area contributed by atoms with E-state index in [0.717, 1.165) is 38.1 Å². The van der Waals surface area contributed by atoms with Gasteiger partial charge < -0.3 is 10.1 Å². The number of hydrogen-bond acceptors (Lipinski definition) is 3. The molecule has 1 saturated carbocycles. The number of ether oxygens (including phenoxy) is 1. The van der Waals surface area contributed by atoms with Crippen LogP contribution in [0.3, 0.4) is 0 Å². The standard InChI is InChI=1S/C18H36N2O/c1-4-10-20-11-12-21-17(14-20)18(19-6-3)16-9-7-8-15(5-2)13-16/h15-19H,4-14H2,1-3H3. The molecule has 0 bridgehead atoms. The summed E-state index contributed by atoms with van der Waals surface area (Å²) in [5.74, 6) is 1.76. The van der Waals surface area contributed by atoms with E-state index >= 15 is 0 Å². The zero-order valence-corrected chi connectivity index (χ0v) is 14.4. The zero-order valence-electron chi connectivity index (χ0n) is 14.4. The second-order valence-electron chi connectivity index (χ2n) is 6.99. The van der Waals surface area contributed by atoms with Gasteiger partial charge in [0.15, 0.2) is 0 Å². The van der Waals surface area contributed by atoms with Crippen molar-refractivity contribution in [3.63, 3.8) is 0 Å². The van der Waals surface area contributed by atoms with Crippen LogP contribution in [-0.4, -0.2) is 49.8 Å². The van der Waals surface area contributed by atoms with Gasteiger partial charge in [-0.15, -0.1) is 0 Å². The fourth-order valence-electron chi connectivity index (χ4n) is 4.34.